The van der Waals surface area contributed by atoms with Crippen LogP contribution in [0.25, 0.3) is 0 Å². The first kappa shape index (κ1) is 15.0. The number of hydrogen-bond acceptors (Lipinski definition) is 2. The first-order valence-corrected chi connectivity index (χ1v) is 7.56. The average molecular weight is 333 g/mol. The average Bonchev–Trinajstić information content (AvgIpc) is 2.40. The molecule has 20 heavy (non-hydrogen) atoms. The normalized spacial score (nSPS) is 10.8. The number of pyridine rings is 1. The Kier molecular flexibility index (Phi) is 4.19. The van der Waals surface area contributed by atoms with Gasteiger partial charge in [-0.15, -0.1) is 0 Å². The highest BCUT2D eigenvalue weighted by molar-refractivity contribution is 9.10. The second kappa shape index (κ2) is 5.57. The second-order valence-electron chi connectivity index (χ2n) is 5.40. The van der Waals surface area contributed by atoms with Crippen molar-refractivity contribution in [2.24, 2.45) is 0 Å². The summed E-state index contributed by atoms with van der Waals surface area (Å²) < 4.78 is 1.04. The van der Waals surface area contributed by atoms with Gasteiger partial charge in [0.2, 0.25) is 0 Å². The highest BCUT2D eigenvalue weighted by atomic mass is 79.9. The van der Waals surface area contributed by atoms with Crippen molar-refractivity contribution >= 4 is 27.4 Å². The van der Waals surface area contributed by atoms with E-state index in [0.717, 1.165) is 16.0 Å². The number of hydrogen-bond donors (Lipinski definition) is 0. The molecule has 0 saturated carbocycles. The molecule has 0 saturated heterocycles. The molecule has 0 unspecified atom stereocenters. The van der Waals surface area contributed by atoms with Gasteiger partial charge in [-0.2, -0.15) is 0 Å². The Morgan fingerprint density at radius 2 is 1.50 bits per heavy atom. The molecule has 0 spiro atoms. The maximum Gasteiger partial charge on any atom is 0.133 e. The third-order valence-electron chi connectivity index (χ3n) is 4.01. The molecule has 0 aliphatic carbocycles. The highest BCUT2D eigenvalue weighted by Gasteiger charge is 2.15. The standard InChI is InChI=1S/C17H21BrN2/c1-10-9-11(2)13(4)17(12(10)3)20(6)16-8-7-15(18)14(5)19-16/h7-9H,1-6H3. The van der Waals surface area contributed by atoms with Crippen molar-refractivity contribution in [2.45, 2.75) is 34.6 Å². The molecule has 0 radical (unpaired) electrons. The maximum atomic E-state index is 4.67. The van der Waals surface area contributed by atoms with E-state index >= 15 is 0 Å². The molecule has 0 aliphatic rings. The lowest BCUT2D eigenvalue weighted by molar-refractivity contribution is 1.06. The number of benzene rings is 1. The largest absolute Gasteiger partial charge is 0.329 e. The van der Waals surface area contributed by atoms with Gasteiger partial charge in [-0.25, -0.2) is 4.98 Å². The van der Waals surface area contributed by atoms with Gasteiger partial charge in [-0.3, -0.25) is 0 Å². The van der Waals surface area contributed by atoms with E-state index in [-0.39, 0.29) is 0 Å². The molecule has 0 atom stereocenters. The van der Waals surface area contributed by atoms with Crippen molar-refractivity contribution in [3.05, 3.63) is 50.6 Å². The lowest BCUT2D eigenvalue weighted by Crippen LogP contribution is -2.15. The minimum atomic E-state index is 0.974. The van der Waals surface area contributed by atoms with Crippen LogP contribution in [0.3, 0.4) is 0 Å². The zero-order valence-corrected chi connectivity index (χ0v) is 14.6. The van der Waals surface area contributed by atoms with Crippen molar-refractivity contribution in [1.29, 1.82) is 0 Å². The zero-order valence-electron chi connectivity index (χ0n) is 13.0. The lowest BCUT2D eigenvalue weighted by Gasteiger charge is -2.25. The first-order valence-electron chi connectivity index (χ1n) is 6.77. The van der Waals surface area contributed by atoms with Crippen LogP contribution < -0.4 is 4.90 Å². The van der Waals surface area contributed by atoms with E-state index in [1.54, 1.807) is 0 Å². The summed E-state index contributed by atoms with van der Waals surface area (Å²) in [6.45, 7) is 10.7. The van der Waals surface area contributed by atoms with Crippen LogP contribution in [-0.4, -0.2) is 12.0 Å². The van der Waals surface area contributed by atoms with E-state index in [2.05, 4.69) is 72.7 Å². The van der Waals surface area contributed by atoms with Gasteiger partial charge >= 0.3 is 0 Å². The number of aryl methyl sites for hydroxylation is 3. The minimum absolute atomic E-state index is 0.974. The van der Waals surface area contributed by atoms with Gasteiger partial charge in [-0.05, 0) is 84.9 Å². The molecule has 1 aromatic heterocycles. The first-order chi connectivity index (χ1) is 9.32. The quantitative estimate of drug-likeness (QED) is 0.755. The molecule has 2 rings (SSSR count). The van der Waals surface area contributed by atoms with Crippen molar-refractivity contribution in [1.82, 2.24) is 4.98 Å². The minimum Gasteiger partial charge on any atom is -0.329 e. The number of anilines is 2. The van der Waals surface area contributed by atoms with Crippen molar-refractivity contribution in [3.63, 3.8) is 0 Å². The molecule has 0 bridgehead atoms. The third-order valence-corrected chi connectivity index (χ3v) is 4.85. The topological polar surface area (TPSA) is 16.1 Å². The van der Waals surface area contributed by atoms with Gasteiger partial charge < -0.3 is 4.90 Å². The second-order valence-corrected chi connectivity index (χ2v) is 6.26. The summed E-state index contributed by atoms with van der Waals surface area (Å²) in [5.74, 6) is 0.974. The Bertz CT molecular complexity index is 636. The molecule has 0 amide bonds. The molecule has 0 N–H and O–H groups in total. The van der Waals surface area contributed by atoms with Gasteiger partial charge in [0.25, 0.3) is 0 Å². The van der Waals surface area contributed by atoms with Gasteiger partial charge in [0.1, 0.15) is 5.82 Å². The number of halogens is 1. The smallest absolute Gasteiger partial charge is 0.133 e. The van der Waals surface area contributed by atoms with Crippen molar-refractivity contribution < 1.29 is 0 Å². The molecule has 3 heteroatoms. The summed E-state index contributed by atoms with van der Waals surface area (Å²) >= 11 is 3.51. The van der Waals surface area contributed by atoms with Gasteiger partial charge in [0, 0.05) is 17.2 Å². The fourth-order valence-corrected chi connectivity index (χ4v) is 2.75. The summed E-state index contributed by atoms with van der Waals surface area (Å²) in [5.41, 5.74) is 7.55. The molecule has 0 fully saturated rings. The van der Waals surface area contributed by atoms with E-state index in [4.69, 9.17) is 0 Å². The van der Waals surface area contributed by atoms with Crippen LogP contribution in [-0.2, 0) is 0 Å². The van der Waals surface area contributed by atoms with Crippen LogP contribution in [0.5, 0.6) is 0 Å². The predicted molar refractivity (Wildman–Crippen MR) is 90.1 cm³/mol. The predicted octanol–water partition coefficient (Wildman–Crippen LogP) is 5.15. The number of aromatic nitrogens is 1. The van der Waals surface area contributed by atoms with E-state index in [1.165, 1.54) is 27.9 Å². The van der Waals surface area contributed by atoms with Crippen LogP contribution in [0, 0.1) is 34.6 Å². The Morgan fingerprint density at radius 3 is 2.00 bits per heavy atom. The van der Waals surface area contributed by atoms with Gasteiger partial charge in [0.15, 0.2) is 0 Å². The monoisotopic (exact) mass is 332 g/mol. The summed E-state index contributed by atoms with van der Waals surface area (Å²) in [6, 6.07) is 6.36. The third kappa shape index (κ3) is 2.59. The molecule has 1 aromatic carbocycles. The molecule has 0 aliphatic heterocycles. The molecular weight excluding hydrogens is 312 g/mol. The van der Waals surface area contributed by atoms with Gasteiger partial charge in [0.05, 0.1) is 5.69 Å². The maximum absolute atomic E-state index is 4.67. The van der Waals surface area contributed by atoms with E-state index in [1.807, 2.05) is 13.0 Å². The fourth-order valence-electron chi connectivity index (χ4n) is 2.53. The molecule has 2 nitrogen and oxygen atoms in total. The summed E-state index contributed by atoms with van der Waals surface area (Å²) in [4.78, 5) is 6.85. The summed E-state index contributed by atoms with van der Waals surface area (Å²) in [5, 5.41) is 0. The number of nitrogens with zero attached hydrogens (tertiary/aromatic N) is 2. The van der Waals surface area contributed by atoms with Crippen molar-refractivity contribution in [2.75, 3.05) is 11.9 Å². The van der Waals surface area contributed by atoms with E-state index in [9.17, 15) is 0 Å². The van der Waals surface area contributed by atoms with E-state index in [0.29, 0.717) is 0 Å². The van der Waals surface area contributed by atoms with Crippen LogP contribution in [0.2, 0.25) is 0 Å². The summed E-state index contributed by atoms with van der Waals surface area (Å²) in [7, 11) is 2.09. The van der Waals surface area contributed by atoms with Gasteiger partial charge in [-0.1, -0.05) is 6.07 Å². The fraction of sp³-hybridized carbons (Fsp3) is 0.353. The van der Waals surface area contributed by atoms with Crippen molar-refractivity contribution in [3.8, 4) is 0 Å². The Morgan fingerprint density at radius 1 is 0.950 bits per heavy atom. The van der Waals surface area contributed by atoms with Crippen LogP contribution in [0.15, 0.2) is 22.7 Å². The molecule has 1 heterocycles. The lowest BCUT2D eigenvalue weighted by atomic mass is 9.98. The molecule has 2 aromatic rings. The summed E-state index contributed by atoms with van der Waals surface area (Å²) in [6.07, 6.45) is 0. The number of rotatable bonds is 2. The Hall–Kier alpha value is -1.35. The Labute approximate surface area is 130 Å². The van der Waals surface area contributed by atoms with Crippen LogP contribution >= 0.6 is 15.9 Å². The molecule has 106 valence electrons. The Balaban J connectivity index is 2.58. The van der Waals surface area contributed by atoms with Crippen LogP contribution in [0.4, 0.5) is 11.5 Å². The highest BCUT2D eigenvalue weighted by Crippen LogP contribution is 2.33. The SMILES string of the molecule is Cc1cc(C)c(C)c(N(C)c2ccc(Br)c(C)n2)c1C. The zero-order chi connectivity index (χ0) is 15.0. The van der Waals surface area contributed by atoms with Crippen LogP contribution in [0.1, 0.15) is 27.9 Å². The van der Waals surface area contributed by atoms with E-state index < -0.39 is 0 Å². The molecular formula is C17H21BrN2.